The van der Waals surface area contributed by atoms with Crippen LogP contribution in [0.4, 0.5) is 0 Å². The van der Waals surface area contributed by atoms with Gasteiger partial charge in [-0.1, -0.05) is 27.7 Å². The topological polar surface area (TPSA) is 44.7 Å². The van der Waals surface area contributed by atoms with E-state index in [1.807, 2.05) is 0 Å². The van der Waals surface area contributed by atoms with Gasteiger partial charge in [0.25, 0.3) is 0 Å². The fraction of sp³-hybridized carbons (Fsp3) is 1.00. The highest BCUT2D eigenvalue weighted by Gasteiger charge is 2.28. The van der Waals surface area contributed by atoms with E-state index in [9.17, 15) is 0 Å². The highest BCUT2D eigenvalue weighted by atomic mass is 16.5. The van der Waals surface area contributed by atoms with Gasteiger partial charge in [0.1, 0.15) is 0 Å². The molecule has 1 atom stereocenters. The van der Waals surface area contributed by atoms with Crippen LogP contribution < -0.4 is 5.32 Å². The number of hydrogen-bond donors (Lipinski definition) is 2. The molecule has 0 bridgehead atoms. The highest BCUT2D eigenvalue weighted by molar-refractivity contribution is 4.83. The van der Waals surface area contributed by atoms with Gasteiger partial charge in [0, 0.05) is 32.2 Å². The molecule has 0 aromatic rings. The smallest absolute Gasteiger partial charge is 0.0701 e. The summed E-state index contributed by atoms with van der Waals surface area (Å²) in [6.07, 6.45) is 3.74. The maximum atomic E-state index is 8.80. The number of aliphatic hydroxyl groups is 1. The normalized spacial score (nSPS) is 21.3. The minimum absolute atomic E-state index is 0.134. The van der Waals surface area contributed by atoms with Crippen molar-refractivity contribution in [2.75, 3.05) is 39.4 Å². The van der Waals surface area contributed by atoms with E-state index in [4.69, 9.17) is 9.84 Å². The Labute approximate surface area is 124 Å². The molecule has 1 saturated heterocycles. The Morgan fingerprint density at radius 2 is 2.00 bits per heavy atom. The SMILES string of the molecule is CCC(C)(CNC(C)C)CN1CCC(OCCO)CC1. The standard InChI is InChI=1S/C16H34N2O2/c1-5-16(4,12-17-14(2)3)13-18-8-6-15(7-9-18)20-11-10-19/h14-15,17,19H,5-13H2,1-4H3. The maximum Gasteiger partial charge on any atom is 0.0701 e. The van der Waals surface area contributed by atoms with E-state index in [1.54, 1.807) is 0 Å². The third-order valence-electron chi connectivity index (χ3n) is 4.38. The molecule has 4 nitrogen and oxygen atoms in total. The Balaban J connectivity index is 2.32. The highest BCUT2D eigenvalue weighted by Crippen LogP contribution is 2.24. The average Bonchev–Trinajstić information content (AvgIpc) is 2.44. The first kappa shape index (κ1) is 17.9. The van der Waals surface area contributed by atoms with E-state index >= 15 is 0 Å². The summed E-state index contributed by atoms with van der Waals surface area (Å²) in [5, 5.41) is 12.4. The van der Waals surface area contributed by atoms with Gasteiger partial charge in [-0.2, -0.15) is 0 Å². The molecule has 0 saturated carbocycles. The molecular formula is C16H34N2O2. The lowest BCUT2D eigenvalue weighted by atomic mass is 9.86. The first-order valence-corrected chi connectivity index (χ1v) is 8.17. The van der Waals surface area contributed by atoms with Gasteiger partial charge in [0.15, 0.2) is 0 Å². The van der Waals surface area contributed by atoms with Crippen LogP contribution in [0.5, 0.6) is 0 Å². The molecule has 0 radical (unpaired) electrons. The minimum atomic E-state index is 0.134. The summed E-state index contributed by atoms with van der Waals surface area (Å²) in [5.74, 6) is 0. The van der Waals surface area contributed by atoms with E-state index in [2.05, 4.69) is 37.9 Å². The lowest BCUT2D eigenvalue weighted by molar-refractivity contribution is -0.0142. The summed E-state index contributed by atoms with van der Waals surface area (Å²) in [7, 11) is 0. The fourth-order valence-electron chi connectivity index (χ4n) is 2.74. The van der Waals surface area contributed by atoms with Crippen LogP contribution in [0.1, 0.15) is 47.0 Å². The van der Waals surface area contributed by atoms with Crippen molar-refractivity contribution >= 4 is 0 Å². The molecule has 2 N–H and O–H groups in total. The number of aliphatic hydroxyl groups excluding tert-OH is 1. The number of hydrogen-bond acceptors (Lipinski definition) is 4. The number of piperidine rings is 1. The molecule has 120 valence electrons. The number of rotatable bonds is 9. The molecule has 4 heteroatoms. The van der Waals surface area contributed by atoms with Crippen molar-refractivity contribution in [2.45, 2.75) is 59.1 Å². The number of likely N-dealkylation sites (tertiary alicyclic amines) is 1. The van der Waals surface area contributed by atoms with Gasteiger partial charge in [-0.3, -0.25) is 0 Å². The van der Waals surface area contributed by atoms with Gasteiger partial charge in [0.2, 0.25) is 0 Å². The number of nitrogens with zero attached hydrogens (tertiary/aromatic N) is 1. The van der Waals surface area contributed by atoms with Crippen LogP contribution in [-0.2, 0) is 4.74 Å². The summed E-state index contributed by atoms with van der Waals surface area (Å²) in [6, 6.07) is 0.554. The van der Waals surface area contributed by atoms with Gasteiger partial charge >= 0.3 is 0 Å². The Hall–Kier alpha value is -0.160. The molecular weight excluding hydrogens is 252 g/mol. The quantitative estimate of drug-likeness (QED) is 0.679. The summed E-state index contributed by atoms with van der Waals surface area (Å²) in [4.78, 5) is 2.57. The van der Waals surface area contributed by atoms with Crippen molar-refractivity contribution in [3.05, 3.63) is 0 Å². The fourth-order valence-corrected chi connectivity index (χ4v) is 2.74. The molecule has 0 amide bonds. The Morgan fingerprint density at radius 1 is 1.35 bits per heavy atom. The Morgan fingerprint density at radius 3 is 2.50 bits per heavy atom. The monoisotopic (exact) mass is 286 g/mol. The van der Waals surface area contributed by atoms with Crippen LogP contribution >= 0.6 is 0 Å². The van der Waals surface area contributed by atoms with E-state index in [0.717, 1.165) is 39.0 Å². The van der Waals surface area contributed by atoms with Gasteiger partial charge < -0.3 is 20.1 Å². The minimum Gasteiger partial charge on any atom is -0.394 e. The van der Waals surface area contributed by atoms with Gasteiger partial charge in [-0.15, -0.1) is 0 Å². The lowest BCUT2D eigenvalue weighted by Crippen LogP contribution is -2.47. The van der Waals surface area contributed by atoms with E-state index in [-0.39, 0.29) is 6.61 Å². The summed E-state index contributed by atoms with van der Waals surface area (Å²) >= 11 is 0. The van der Waals surface area contributed by atoms with Crippen LogP contribution in [0.15, 0.2) is 0 Å². The molecule has 0 aromatic carbocycles. The van der Waals surface area contributed by atoms with Gasteiger partial charge in [-0.05, 0) is 24.7 Å². The molecule has 1 heterocycles. The van der Waals surface area contributed by atoms with E-state index in [0.29, 0.717) is 24.2 Å². The number of ether oxygens (including phenoxy) is 1. The summed E-state index contributed by atoms with van der Waals surface area (Å²) in [6.45, 7) is 14.2. The van der Waals surface area contributed by atoms with Crippen LogP contribution in [0.2, 0.25) is 0 Å². The van der Waals surface area contributed by atoms with Crippen molar-refractivity contribution in [3.63, 3.8) is 0 Å². The van der Waals surface area contributed by atoms with E-state index in [1.165, 1.54) is 6.42 Å². The van der Waals surface area contributed by atoms with Crippen LogP contribution in [0.3, 0.4) is 0 Å². The maximum absolute atomic E-state index is 8.80. The van der Waals surface area contributed by atoms with E-state index < -0.39 is 0 Å². The average molecular weight is 286 g/mol. The molecule has 0 aliphatic carbocycles. The van der Waals surface area contributed by atoms with Crippen LogP contribution in [0.25, 0.3) is 0 Å². The molecule has 1 unspecified atom stereocenters. The molecule has 1 fully saturated rings. The zero-order chi connectivity index (χ0) is 15.0. The van der Waals surface area contributed by atoms with Crippen molar-refractivity contribution < 1.29 is 9.84 Å². The molecule has 1 aliphatic heterocycles. The van der Waals surface area contributed by atoms with Crippen molar-refractivity contribution in [1.82, 2.24) is 10.2 Å². The summed E-state index contributed by atoms with van der Waals surface area (Å²) < 4.78 is 5.63. The zero-order valence-electron chi connectivity index (χ0n) is 13.8. The van der Waals surface area contributed by atoms with Crippen LogP contribution in [0, 0.1) is 5.41 Å². The lowest BCUT2D eigenvalue weighted by Gasteiger charge is -2.39. The van der Waals surface area contributed by atoms with Gasteiger partial charge in [0.05, 0.1) is 19.3 Å². The van der Waals surface area contributed by atoms with Gasteiger partial charge in [-0.25, -0.2) is 0 Å². The Bertz CT molecular complexity index is 253. The predicted molar refractivity (Wildman–Crippen MR) is 84.0 cm³/mol. The predicted octanol–water partition coefficient (Wildman–Crippen LogP) is 1.87. The van der Waals surface area contributed by atoms with Crippen molar-refractivity contribution in [1.29, 1.82) is 0 Å². The largest absolute Gasteiger partial charge is 0.394 e. The Kier molecular flexibility index (Phi) is 8.03. The zero-order valence-corrected chi connectivity index (χ0v) is 13.8. The second-order valence-corrected chi connectivity index (χ2v) is 6.77. The number of nitrogens with one attached hydrogen (secondary N) is 1. The summed E-state index contributed by atoms with van der Waals surface area (Å²) in [5.41, 5.74) is 0.350. The molecule has 20 heavy (non-hydrogen) atoms. The van der Waals surface area contributed by atoms with Crippen molar-refractivity contribution in [2.24, 2.45) is 5.41 Å². The molecule has 1 rings (SSSR count). The molecule has 0 spiro atoms. The molecule has 1 aliphatic rings. The first-order valence-electron chi connectivity index (χ1n) is 8.17. The second kappa shape index (κ2) is 8.98. The van der Waals surface area contributed by atoms with Crippen molar-refractivity contribution in [3.8, 4) is 0 Å². The second-order valence-electron chi connectivity index (χ2n) is 6.77. The van der Waals surface area contributed by atoms with Crippen LogP contribution in [-0.4, -0.2) is 61.5 Å². The third kappa shape index (κ3) is 6.53. The molecule has 0 aromatic heterocycles. The third-order valence-corrected chi connectivity index (χ3v) is 4.38. The first-order chi connectivity index (χ1) is 9.49.